The Morgan fingerprint density at radius 1 is 1.09 bits per heavy atom. The topological polar surface area (TPSA) is 63.3 Å². The minimum absolute atomic E-state index is 0.228. The number of carboxylic acid groups (broad SMARTS) is 1. The van der Waals surface area contributed by atoms with Crippen molar-refractivity contribution in [1.29, 1.82) is 0 Å². The van der Waals surface area contributed by atoms with Crippen LogP contribution in [0.1, 0.15) is 27.2 Å². The number of aromatic carboxylic acids is 1. The van der Waals surface area contributed by atoms with Gasteiger partial charge in [0.15, 0.2) is 5.76 Å². The van der Waals surface area contributed by atoms with Gasteiger partial charge in [0.05, 0.1) is 11.3 Å². The van der Waals surface area contributed by atoms with Crippen LogP contribution in [0, 0.1) is 20.8 Å². The summed E-state index contributed by atoms with van der Waals surface area (Å²) in [7, 11) is 0. The van der Waals surface area contributed by atoms with E-state index in [-0.39, 0.29) is 5.56 Å². The van der Waals surface area contributed by atoms with Gasteiger partial charge in [0.25, 0.3) is 0 Å². The molecule has 0 amide bonds. The third kappa shape index (κ3) is 2.88. The van der Waals surface area contributed by atoms with E-state index < -0.39 is 5.97 Å². The van der Waals surface area contributed by atoms with Crippen molar-refractivity contribution >= 4 is 5.97 Å². The molecule has 1 aromatic heterocycles. The van der Waals surface area contributed by atoms with Crippen LogP contribution in [0.4, 0.5) is 0 Å². The van der Waals surface area contributed by atoms with E-state index in [1.807, 2.05) is 45.0 Å². The Morgan fingerprint density at radius 3 is 2.61 bits per heavy atom. The van der Waals surface area contributed by atoms with Gasteiger partial charge in [0, 0.05) is 11.1 Å². The Bertz CT molecular complexity index is 893. The first-order valence-electron chi connectivity index (χ1n) is 7.34. The van der Waals surface area contributed by atoms with Crippen LogP contribution in [0.2, 0.25) is 0 Å². The monoisotopic (exact) mass is 307 g/mol. The highest BCUT2D eigenvalue weighted by Gasteiger charge is 2.16. The highest BCUT2D eigenvalue weighted by molar-refractivity contribution is 5.89. The number of benzene rings is 2. The first kappa shape index (κ1) is 15.0. The quantitative estimate of drug-likeness (QED) is 0.766. The molecular formula is C19H17NO3. The van der Waals surface area contributed by atoms with Gasteiger partial charge in [0.1, 0.15) is 0 Å². The fourth-order valence-corrected chi connectivity index (χ4v) is 2.54. The number of hydrogen-bond donors (Lipinski definition) is 1. The maximum Gasteiger partial charge on any atom is 0.335 e. The fourth-order valence-electron chi connectivity index (χ4n) is 2.54. The molecule has 23 heavy (non-hydrogen) atoms. The van der Waals surface area contributed by atoms with Crippen molar-refractivity contribution in [2.24, 2.45) is 0 Å². The molecule has 0 unspecified atom stereocenters. The van der Waals surface area contributed by atoms with Gasteiger partial charge in [-0.1, -0.05) is 29.8 Å². The van der Waals surface area contributed by atoms with E-state index in [1.165, 1.54) is 0 Å². The van der Waals surface area contributed by atoms with Gasteiger partial charge in [0.2, 0.25) is 5.89 Å². The summed E-state index contributed by atoms with van der Waals surface area (Å²) < 4.78 is 5.95. The van der Waals surface area contributed by atoms with Crippen LogP contribution in [0.5, 0.6) is 0 Å². The molecule has 4 heteroatoms. The number of aromatic nitrogens is 1. The second-order valence-electron chi connectivity index (χ2n) is 5.64. The van der Waals surface area contributed by atoms with Gasteiger partial charge < -0.3 is 9.52 Å². The van der Waals surface area contributed by atoms with E-state index in [9.17, 15) is 4.79 Å². The molecule has 3 rings (SSSR count). The van der Waals surface area contributed by atoms with E-state index in [4.69, 9.17) is 9.52 Å². The van der Waals surface area contributed by atoms with Crippen LogP contribution in [-0.2, 0) is 0 Å². The van der Waals surface area contributed by atoms with Gasteiger partial charge >= 0.3 is 5.97 Å². The summed E-state index contributed by atoms with van der Waals surface area (Å²) in [5.74, 6) is 0.196. The van der Waals surface area contributed by atoms with E-state index >= 15 is 0 Å². The summed E-state index contributed by atoms with van der Waals surface area (Å²) in [5.41, 5.74) is 4.86. The predicted molar refractivity (Wildman–Crippen MR) is 88.5 cm³/mol. The Balaban J connectivity index is 2.10. The van der Waals surface area contributed by atoms with Gasteiger partial charge in [-0.3, -0.25) is 0 Å². The molecule has 0 bridgehead atoms. The molecule has 3 aromatic rings. The van der Waals surface area contributed by atoms with Crippen LogP contribution in [0.15, 0.2) is 46.9 Å². The summed E-state index contributed by atoms with van der Waals surface area (Å²) in [5, 5.41) is 9.13. The Hall–Kier alpha value is -2.88. The van der Waals surface area contributed by atoms with Crippen LogP contribution in [-0.4, -0.2) is 16.1 Å². The summed E-state index contributed by atoms with van der Waals surface area (Å²) >= 11 is 0. The molecule has 0 aliphatic carbocycles. The van der Waals surface area contributed by atoms with E-state index in [2.05, 4.69) is 4.98 Å². The first-order chi connectivity index (χ1) is 11.0. The molecule has 0 saturated heterocycles. The number of aryl methyl sites for hydroxylation is 3. The molecule has 0 aliphatic rings. The number of oxazole rings is 1. The van der Waals surface area contributed by atoms with Crippen molar-refractivity contribution in [2.75, 3.05) is 0 Å². The third-order valence-electron chi connectivity index (χ3n) is 3.79. The molecule has 0 fully saturated rings. The van der Waals surface area contributed by atoms with Crippen molar-refractivity contribution in [2.45, 2.75) is 20.8 Å². The molecular weight excluding hydrogens is 290 g/mol. The molecule has 116 valence electrons. The SMILES string of the molecule is Cc1ccc(C)c(-c2nc(C)c(-c3cccc(C(=O)O)c3)o2)c1. The molecule has 0 atom stereocenters. The molecule has 2 aromatic carbocycles. The number of hydrogen-bond acceptors (Lipinski definition) is 3. The molecule has 4 nitrogen and oxygen atoms in total. The average Bonchev–Trinajstić information content (AvgIpc) is 2.91. The normalized spacial score (nSPS) is 10.7. The highest BCUT2D eigenvalue weighted by Crippen LogP contribution is 2.31. The lowest BCUT2D eigenvalue weighted by Crippen LogP contribution is -1.95. The maximum absolute atomic E-state index is 11.1. The molecule has 0 radical (unpaired) electrons. The molecule has 0 spiro atoms. The number of carboxylic acids is 1. The molecule has 0 aliphatic heterocycles. The van der Waals surface area contributed by atoms with E-state index in [0.29, 0.717) is 17.2 Å². The second kappa shape index (κ2) is 5.72. The van der Waals surface area contributed by atoms with Crippen molar-refractivity contribution in [1.82, 2.24) is 4.98 Å². The smallest absolute Gasteiger partial charge is 0.335 e. The molecule has 0 saturated carbocycles. The fraction of sp³-hybridized carbons (Fsp3) is 0.158. The Morgan fingerprint density at radius 2 is 1.87 bits per heavy atom. The number of rotatable bonds is 3. The van der Waals surface area contributed by atoms with Crippen molar-refractivity contribution in [3.63, 3.8) is 0 Å². The van der Waals surface area contributed by atoms with Crippen molar-refractivity contribution in [3.8, 4) is 22.8 Å². The second-order valence-corrected chi connectivity index (χ2v) is 5.64. The number of nitrogens with zero attached hydrogens (tertiary/aromatic N) is 1. The zero-order valence-corrected chi connectivity index (χ0v) is 13.3. The standard InChI is InChI=1S/C19H17NO3/c1-11-7-8-12(2)16(9-11)18-20-13(3)17(23-18)14-5-4-6-15(10-14)19(21)22/h4-10H,1-3H3,(H,21,22). The Labute approximate surface area is 134 Å². The van der Waals surface area contributed by atoms with E-state index in [1.54, 1.807) is 18.2 Å². The summed E-state index contributed by atoms with van der Waals surface area (Å²) in [6.45, 7) is 5.90. The lowest BCUT2D eigenvalue weighted by molar-refractivity contribution is 0.0697. The minimum Gasteiger partial charge on any atom is -0.478 e. The summed E-state index contributed by atoms with van der Waals surface area (Å²) in [4.78, 5) is 15.7. The summed E-state index contributed by atoms with van der Waals surface area (Å²) in [6.07, 6.45) is 0. The van der Waals surface area contributed by atoms with Crippen LogP contribution >= 0.6 is 0 Å². The minimum atomic E-state index is -0.959. The van der Waals surface area contributed by atoms with E-state index in [0.717, 1.165) is 22.4 Å². The van der Waals surface area contributed by atoms with Crippen LogP contribution < -0.4 is 0 Å². The van der Waals surface area contributed by atoms with Gasteiger partial charge in [-0.05, 0) is 44.5 Å². The predicted octanol–water partition coefficient (Wildman–Crippen LogP) is 4.63. The highest BCUT2D eigenvalue weighted by atomic mass is 16.4. The van der Waals surface area contributed by atoms with Crippen LogP contribution in [0.25, 0.3) is 22.8 Å². The largest absolute Gasteiger partial charge is 0.478 e. The Kier molecular flexibility index (Phi) is 3.74. The summed E-state index contributed by atoms with van der Waals surface area (Å²) in [6, 6.07) is 12.8. The van der Waals surface area contributed by atoms with Crippen molar-refractivity contribution in [3.05, 3.63) is 64.8 Å². The van der Waals surface area contributed by atoms with Crippen LogP contribution in [0.3, 0.4) is 0 Å². The third-order valence-corrected chi connectivity index (χ3v) is 3.79. The van der Waals surface area contributed by atoms with Gasteiger partial charge in [-0.25, -0.2) is 9.78 Å². The van der Waals surface area contributed by atoms with Gasteiger partial charge in [-0.2, -0.15) is 0 Å². The number of carbonyl (C=O) groups is 1. The first-order valence-corrected chi connectivity index (χ1v) is 7.34. The molecule has 1 N–H and O–H groups in total. The maximum atomic E-state index is 11.1. The lowest BCUT2D eigenvalue weighted by atomic mass is 10.1. The average molecular weight is 307 g/mol. The zero-order valence-electron chi connectivity index (χ0n) is 13.3. The lowest BCUT2D eigenvalue weighted by Gasteiger charge is -2.03. The van der Waals surface area contributed by atoms with Crippen molar-refractivity contribution < 1.29 is 14.3 Å². The van der Waals surface area contributed by atoms with Gasteiger partial charge in [-0.15, -0.1) is 0 Å². The zero-order chi connectivity index (χ0) is 16.6. The molecule has 1 heterocycles.